The number of carbonyl (C=O) groups excluding carboxylic acids is 1. The average molecular weight is 411 g/mol. The minimum Gasteiger partial charge on any atom is -0.325 e. The summed E-state index contributed by atoms with van der Waals surface area (Å²) < 4.78 is 1.70. The number of anilines is 1. The molecule has 0 aliphatic carbocycles. The van der Waals surface area contributed by atoms with E-state index in [0.717, 1.165) is 25.3 Å². The van der Waals surface area contributed by atoms with Crippen LogP contribution < -0.4 is 10.9 Å². The normalized spacial score (nSPS) is 11.1. The van der Waals surface area contributed by atoms with E-state index in [0.29, 0.717) is 22.6 Å². The fourth-order valence-corrected chi connectivity index (χ4v) is 3.91. The Morgan fingerprint density at radius 2 is 1.76 bits per heavy atom. The zero-order valence-corrected chi connectivity index (χ0v) is 17.6. The topological polar surface area (TPSA) is 67.2 Å². The van der Waals surface area contributed by atoms with Crippen LogP contribution in [0.15, 0.2) is 64.5 Å². The van der Waals surface area contributed by atoms with Gasteiger partial charge < -0.3 is 10.2 Å². The van der Waals surface area contributed by atoms with Crippen LogP contribution in [-0.4, -0.2) is 45.7 Å². The van der Waals surface area contributed by atoms with E-state index in [9.17, 15) is 9.59 Å². The Morgan fingerprint density at radius 3 is 2.48 bits per heavy atom. The van der Waals surface area contributed by atoms with Crippen LogP contribution >= 0.6 is 11.8 Å². The third-order valence-corrected chi connectivity index (χ3v) is 5.73. The van der Waals surface area contributed by atoms with Crippen molar-refractivity contribution < 1.29 is 4.79 Å². The van der Waals surface area contributed by atoms with Gasteiger partial charge in [-0.25, -0.2) is 4.98 Å². The van der Waals surface area contributed by atoms with Crippen LogP contribution in [0.4, 0.5) is 5.69 Å². The van der Waals surface area contributed by atoms with E-state index in [1.54, 1.807) is 10.6 Å². The maximum absolute atomic E-state index is 13.1. The molecular formula is C22H26N4O2S. The fourth-order valence-electron chi connectivity index (χ4n) is 3.08. The number of nitrogens with zero attached hydrogens (tertiary/aromatic N) is 3. The Balaban J connectivity index is 1.81. The van der Waals surface area contributed by atoms with Gasteiger partial charge in [0.15, 0.2) is 5.16 Å². The third kappa shape index (κ3) is 5.46. The lowest BCUT2D eigenvalue weighted by atomic mass is 10.2. The highest BCUT2D eigenvalue weighted by Crippen LogP contribution is 2.18. The second-order valence-electron chi connectivity index (χ2n) is 6.60. The predicted octanol–water partition coefficient (Wildman–Crippen LogP) is 3.47. The van der Waals surface area contributed by atoms with Gasteiger partial charge in [0.05, 0.1) is 16.7 Å². The van der Waals surface area contributed by atoms with Gasteiger partial charge in [-0.2, -0.15) is 0 Å². The van der Waals surface area contributed by atoms with E-state index in [2.05, 4.69) is 29.0 Å². The predicted molar refractivity (Wildman–Crippen MR) is 120 cm³/mol. The van der Waals surface area contributed by atoms with Crippen molar-refractivity contribution in [3.63, 3.8) is 0 Å². The fraction of sp³-hybridized carbons (Fsp3) is 0.318. The summed E-state index contributed by atoms with van der Waals surface area (Å²) >= 11 is 1.29. The van der Waals surface area contributed by atoms with Crippen LogP contribution in [0.3, 0.4) is 0 Å². The molecular weight excluding hydrogens is 384 g/mol. The molecule has 7 heteroatoms. The number of hydrogen-bond donors (Lipinski definition) is 1. The molecule has 0 saturated carbocycles. The Kier molecular flexibility index (Phi) is 7.43. The van der Waals surface area contributed by atoms with E-state index in [1.807, 2.05) is 48.5 Å². The van der Waals surface area contributed by atoms with Gasteiger partial charge in [-0.15, -0.1) is 0 Å². The third-order valence-electron chi connectivity index (χ3n) is 4.75. The maximum Gasteiger partial charge on any atom is 0.262 e. The molecule has 29 heavy (non-hydrogen) atoms. The number of nitrogens with one attached hydrogen (secondary N) is 1. The summed E-state index contributed by atoms with van der Waals surface area (Å²) in [4.78, 5) is 32.3. The second kappa shape index (κ2) is 10.2. The van der Waals surface area contributed by atoms with Gasteiger partial charge in [-0.3, -0.25) is 14.2 Å². The minimum absolute atomic E-state index is 0.0614. The number of likely N-dealkylation sites (N-methyl/N-ethyl adjacent to an activating group) is 1. The zero-order chi connectivity index (χ0) is 20.6. The maximum atomic E-state index is 13.1. The van der Waals surface area contributed by atoms with Crippen molar-refractivity contribution in [3.8, 4) is 0 Å². The number of amides is 1. The molecule has 0 aliphatic heterocycles. The first-order valence-electron chi connectivity index (χ1n) is 9.82. The van der Waals surface area contributed by atoms with Crippen molar-refractivity contribution in [2.24, 2.45) is 0 Å². The first-order chi connectivity index (χ1) is 14.1. The molecule has 0 fully saturated rings. The number of para-hydroxylation sites is 2. The Hall–Kier alpha value is -2.64. The molecule has 0 atom stereocenters. The standard InChI is InChI=1S/C22H26N4O2S/c1-3-25(4-2)14-15-26-21(28)18-12-8-9-13-19(18)24-22(26)29-16-20(27)23-17-10-6-5-7-11-17/h5-13H,3-4,14-16H2,1-2H3,(H,23,27). The Bertz CT molecular complexity index is 1020. The summed E-state index contributed by atoms with van der Waals surface area (Å²) in [7, 11) is 0. The lowest BCUT2D eigenvalue weighted by molar-refractivity contribution is -0.113. The number of rotatable bonds is 9. The molecule has 6 nitrogen and oxygen atoms in total. The van der Waals surface area contributed by atoms with Crippen LogP contribution in [-0.2, 0) is 11.3 Å². The second-order valence-corrected chi connectivity index (χ2v) is 7.54. The number of aromatic nitrogens is 2. The van der Waals surface area contributed by atoms with E-state index in [4.69, 9.17) is 0 Å². The molecule has 1 heterocycles. The molecule has 0 unspecified atom stereocenters. The summed E-state index contributed by atoms with van der Waals surface area (Å²) in [5.74, 6) is 0.0594. The van der Waals surface area contributed by atoms with Crippen LogP contribution in [0.2, 0.25) is 0 Å². The Labute approximate surface area is 174 Å². The first kappa shape index (κ1) is 21.1. The largest absolute Gasteiger partial charge is 0.325 e. The number of fused-ring (bicyclic) bond motifs is 1. The van der Waals surface area contributed by atoms with Crippen molar-refractivity contribution in [1.29, 1.82) is 0 Å². The molecule has 1 N–H and O–H groups in total. The van der Waals surface area contributed by atoms with Crippen LogP contribution in [0.5, 0.6) is 0 Å². The van der Waals surface area contributed by atoms with E-state index in [-0.39, 0.29) is 17.2 Å². The Morgan fingerprint density at radius 1 is 1.07 bits per heavy atom. The quantitative estimate of drug-likeness (QED) is 0.432. The highest BCUT2D eigenvalue weighted by atomic mass is 32.2. The lowest BCUT2D eigenvalue weighted by Gasteiger charge is -2.20. The molecule has 0 spiro atoms. The number of thioether (sulfide) groups is 1. The molecule has 2 aromatic carbocycles. The highest BCUT2D eigenvalue weighted by Gasteiger charge is 2.14. The molecule has 1 amide bonds. The van der Waals surface area contributed by atoms with Gasteiger partial charge in [0, 0.05) is 18.8 Å². The average Bonchev–Trinajstić information content (AvgIpc) is 2.75. The van der Waals surface area contributed by atoms with Crippen LogP contribution in [0.1, 0.15) is 13.8 Å². The molecule has 152 valence electrons. The SMILES string of the molecule is CCN(CC)CCn1c(SCC(=O)Nc2ccccc2)nc2ccccc2c1=O. The van der Waals surface area contributed by atoms with Crippen molar-refractivity contribution in [2.75, 3.05) is 30.7 Å². The molecule has 3 aromatic rings. The summed E-state index contributed by atoms with van der Waals surface area (Å²) in [6.07, 6.45) is 0. The van der Waals surface area contributed by atoms with Crippen LogP contribution in [0, 0.1) is 0 Å². The van der Waals surface area contributed by atoms with Gasteiger partial charge in [-0.1, -0.05) is 55.9 Å². The molecule has 0 saturated heterocycles. The highest BCUT2D eigenvalue weighted by molar-refractivity contribution is 7.99. The van der Waals surface area contributed by atoms with E-state index in [1.165, 1.54) is 11.8 Å². The monoisotopic (exact) mass is 410 g/mol. The van der Waals surface area contributed by atoms with E-state index >= 15 is 0 Å². The number of carbonyl (C=O) groups is 1. The van der Waals surface area contributed by atoms with Gasteiger partial charge in [-0.05, 0) is 37.4 Å². The van der Waals surface area contributed by atoms with Crippen molar-refractivity contribution in [2.45, 2.75) is 25.5 Å². The lowest BCUT2D eigenvalue weighted by Crippen LogP contribution is -2.32. The molecule has 0 radical (unpaired) electrons. The van der Waals surface area contributed by atoms with Crippen molar-refractivity contribution in [1.82, 2.24) is 14.5 Å². The van der Waals surface area contributed by atoms with Gasteiger partial charge >= 0.3 is 0 Å². The zero-order valence-electron chi connectivity index (χ0n) is 16.8. The first-order valence-corrected chi connectivity index (χ1v) is 10.8. The van der Waals surface area contributed by atoms with Crippen molar-refractivity contribution >= 4 is 34.3 Å². The molecule has 0 bridgehead atoms. The minimum atomic E-state index is -0.126. The van der Waals surface area contributed by atoms with Gasteiger partial charge in [0.25, 0.3) is 5.56 Å². The molecule has 1 aromatic heterocycles. The molecule has 0 aliphatic rings. The van der Waals surface area contributed by atoms with Gasteiger partial charge in [0.2, 0.25) is 5.91 Å². The number of benzene rings is 2. The molecule has 3 rings (SSSR count). The summed E-state index contributed by atoms with van der Waals surface area (Å²) in [5, 5.41) is 4.04. The summed E-state index contributed by atoms with van der Waals surface area (Å²) in [5.41, 5.74) is 1.35. The van der Waals surface area contributed by atoms with E-state index < -0.39 is 0 Å². The number of hydrogen-bond acceptors (Lipinski definition) is 5. The summed E-state index contributed by atoms with van der Waals surface area (Å²) in [6, 6.07) is 16.7. The summed E-state index contributed by atoms with van der Waals surface area (Å²) in [6.45, 7) is 7.36. The smallest absolute Gasteiger partial charge is 0.262 e. The van der Waals surface area contributed by atoms with Gasteiger partial charge in [0.1, 0.15) is 0 Å². The van der Waals surface area contributed by atoms with Crippen LogP contribution in [0.25, 0.3) is 10.9 Å². The van der Waals surface area contributed by atoms with Crippen molar-refractivity contribution in [3.05, 3.63) is 65.0 Å².